The second-order valence-corrected chi connectivity index (χ2v) is 5.48. The first kappa shape index (κ1) is 16.7. The minimum Gasteiger partial charge on any atom is -0.469 e. The molecule has 0 bridgehead atoms. The minimum atomic E-state index is -0.342. The van der Waals surface area contributed by atoms with Gasteiger partial charge in [-0.25, -0.2) is 4.57 Å². The van der Waals surface area contributed by atoms with Gasteiger partial charge in [-0.05, 0) is 30.2 Å². The molecule has 1 heterocycles. The van der Waals surface area contributed by atoms with E-state index in [0.29, 0.717) is 5.56 Å². The summed E-state index contributed by atoms with van der Waals surface area (Å²) in [5.41, 5.74) is 2.70. The van der Waals surface area contributed by atoms with Crippen LogP contribution in [-0.2, 0) is 16.6 Å². The number of aryl methyl sites for hydroxylation is 1. The van der Waals surface area contributed by atoms with Gasteiger partial charge in [0.1, 0.15) is 7.05 Å². The summed E-state index contributed by atoms with van der Waals surface area (Å²) >= 11 is 0. The smallest absolute Gasteiger partial charge is 0.307 e. The molecule has 1 aromatic heterocycles. The number of aromatic nitrogens is 1. The maximum absolute atomic E-state index is 12.2. The van der Waals surface area contributed by atoms with Crippen LogP contribution >= 0.6 is 0 Å². The van der Waals surface area contributed by atoms with Crippen LogP contribution in [0, 0.1) is 0 Å². The molecule has 0 aliphatic carbocycles. The molecule has 0 spiro atoms. The molecule has 2 rings (SSSR count). The molecule has 0 saturated heterocycles. The lowest BCUT2D eigenvalue weighted by Gasteiger charge is -2.12. The number of carbonyl (C=O) groups is 2. The van der Waals surface area contributed by atoms with E-state index in [2.05, 4.69) is 10.1 Å². The van der Waals surface area contributed by atoms with Gasteiger partial charge in [0, 0.05) is 23.7 Å². The quantitative estimate of drug-likeness (QED) is 0.677. The van der Waals surface area contributed by atoms with Gasteiger partial charge in [-0.2, -0.15) is 0 Å². The lowest BCUT2D eigenvalue weighted by atomic mass is 10.0. The number of carbonyl (C=O) groups excluding carboxylic acids is 2. The second-order valence-electron chi connectivity index (χ2n) is 5.48. The van der Waals surface area contributed by atoms with E-state index in [-0.39, 0.29) is 24.3 Å². The van der Waals surface area contributed by atoms with Crippen LogP contribution in [0.3, 0.4) is 0 Å². The summed E-state index contributed by atoms with van der Waals surface area (Å²) in [5, 5.41) is 2.78. The van der Waals surface area contributed by atoms with Crippen LogP contribution in [0.5, 0.6) is 0 Å². The average Bonchev–Trinajstić information content (AvgIpc) is 2.55. The second kappa shape index (κ2) is 7.54. The van der Waals surface area contributed by atoms with Gasteiger partial charge in [0.2, 0.25) is 0 Å². The van der Waals surface area contributed by atoms with Crippen molar-refractivity contribution < 1.29 is 18.9 Å². The predicted octanol–water partition coefficient (Wildman–Crippen LogP) is 1.86. The van der Waals surface area contributed by atoms with Crippen molar-refractivity contribution in [3.63, 3.8) is 0 Å². The van der Waals surface area contributed by atoms with Gasteiger partial charge in [-0.3, -0.25) is 9.59 Å². The summed E-state index contributed by atoms with van der Waals surface area (Å²) in [5.74, 6) is -0.544. The Morgan fingerprint density at radius 1 is 1.09 bits per heavy atom. The Balaban J connectivity index is 2.02. The molecule has 5 nitrogen and oxygen atoms in total. The molecule has 0 aliphatic heterocycles. The summed E-state index contributed by atoms with van der Waals surface area (Å²) in [6.07, 6.45) is 4.11. The maximum atomic E-state index is 12.2. The number of nitrogens with one attached hydrogen (secondary N) is 1. The summed E-state index contributed by atoms with van der Waals surface area (Å²) in [4.78, 5) is 23.3. The Kier molecular flexibility index (Phi) is 5.46. The van der Waals surface area contributed by atoms with Gasteiger partial charge < -0.3 is 10.1 Å². The van der Waals surface area contributed by atoms with Crippen molar-refractivity contribution in [3.05, 3.63) is 54.4 Å². The molecular weight excluding hydrogens is 292 g/mol. The van der Waals surface area contributed by atoms with Crippen LogP contribution in [0.2, 0.25) is 0 Å². The number of esters is 1. The van der Waals surface area contributed by atoms with Gasteiger partial charge in [-0.1, -0.05) is 12.1 Å². The van der Waals surface area contributed by atoms with Gasteiger partial charge in [-0.15, -0.1) is 0 Å². The summed E-state index contributed by atoms with van der Waals surface area (Å²) in [6, 6.07) is 11.2. The molecule has 1 atom stereocenters. The molecule has 23 heavy (non-hydrogen) atoms. The van der Waals surface area contributed by atoms with E-state index in [1.54, 1.807) is 19.1 Å². The number of nitrogens with zero attached hydrogens (tertiary/aromatic N) is 1. The molecule has 1 amide bonds. The van der Waals surface area contributed by atoms with Crippen molar-refractivity contribution >= 4 is 11.9 Å². The Morgan fingerprint density at radius 3 is 2.22 bits per heavy atom. The summed E-state index contributed by atoms with van der Waals surface area (Å²) in [7, 11) is 3.30. The highest BCUT2D eigenvalue weighted by molar-refractivity contribution is 5.95. The largest absolute Gasteiger partial charge is 0.469 e. The lowest BCUT2D eigenvalue weighted by Crippen LogP contribution is -2.34. The fourth-order valence-electron chi connectivity index (χ4n) is 2.20. The Morgan fingerprint density at radius 2 is 1.65 bits per heavy atom. The number of methoxy groups -OCH3 is 1. The van der Waals surface area contributed by atoms with Crippen LogP contribution in [0.4, 0.5) is 0 Å². The Labute approximate surface area is 135 Å². The molecule has 0 radical (unpaired) electrons. The highest BCUT2D eigenvalue weighted by atomic mass is 16.5. The zero-order valence-electron chi connectivity index (χ0n) is 13.6. The molecule has 0 fully saturated rings. The van der Waals surface area contributed by atoms with Gasteiger partial charge in [0.25, 0.3) is 5.91 Å². The number of hydrogen-bond acceptors (Lipinski definition) is 3. The Bertz CT molecular complexity index is 678. The SMILES string of the molecule is COC(=O)C[C@@H](C)NC(=O)c1ccc(-c2cc[n+](C)cc2)cc1. The van der Waals surface area contributed by atoms with E-state index < -0.39 is 0 Å². The third-order valence-electron chi connectivity index (χ3n) is 3.54. The number of hydrogen-bond donors (Lipinski definition) is 1. The van der Waals surface area contributed by atoms with Crippen molar-refractivity contribution in [1.29, 1.82) is 0 Å². The fourth-order valence-corrected chi connectivity index (χ4v) is 2.20. The zero-order chi connectivity index (χ0) is 16.8. The van der Waals surface area contributed by atoms with Crippen LogP contribution in [0.15, 0.2) is 48.8 Å². The van der Waals surface area contributed by atoms with Crippen molar-refractivity contribution in [2.75, 3.05) is 7.11 Å². The van der Waals surface area contributed by atoms with Crippen LogP contribution in [0.1, 0.15) is 23.7 Å². The van der Waals surface area contributed by atoms with Gasteiger partial charge >= 0.3 is 5.97 Å². The third kappa shape index (κ3) is 4.64. The third-order valence-corrected chi connectivity index (χ3v) is 3.54. The molecule has 0 unspecified atom stereocenters. The van der Waals surface area contributed by atoms with E-state index in [4.69, 9.17) is 0 Å². The predicted molar refractivity (Wildman–Crippen MR) is 86.6 cm³/mol. The monoisotopic (exact) mass is 313 g/mol. The fraction of sp³-hybridized carbons (Fsp3) is 0.278. The molecule has 120 valence electrons. The minimum absolute atomic E-state index is 0.154. The lowest BCUT2D eigenvalue weighted by molar-refractivity contribution is -0.671. The molecule has 5 heteroatoms. The van der Waals surface area contributed by atoms with E-state index >= 15 is 0 Å². The van der Waals surface area contributed by atoms with E-state index in [1.165, 1.54) is 7.11 Å². The molecule has 0 aliphatic rings. The normalized spacial score (nSPS) is 11.6. The number of pyridine rings is 1. The van der Waals surface area contributed by atoms with Crippen molar-refractivity contribution in [3.8, 4) is 11.1 Å². The van der Waals surface area contributed by atoms with Crippen molar-refractivity contribution in [1.82, 2.24) is 5.32 Å². The van der Waals surface area contributed by atoms with Crippen LogP contribution < -0.4 is 9.88 Å². The number of rotatable bonds is 5. The number of ether oxygens (including phenoxy) is 1. The topological polar surface area (TPSA) is 59.3 Å². The van der Waals surface area contributed by atoms with Gasteiger partial charge in [0.15, 0.2) is 12.4 Å². The Hall–Kier alpha value is -2.69. The first-order valence-corrected chi connectivity index (χ1v) is 7.43. The van der Waals surface area contributed by atoms with E-state index in [9.17, 15) is 9.59 Å². The van der Waals surface area contributed by atoms with Crippen molar-refractivity contribution in [2.24, 2.45) is 7.05 Å². The number of amides is 1. The average molecular weight is 313 g/mol. The van der Waals surface area contributed by atoms with Crippen LogP contribution in [-0.4, -0.2) is 25.0 Å². The molecule has 0 saturated carbocycles. The first-order valence-electron chi connectivity index (χ1n) is 7.43. The zero-order valence-corrected chi connectivity index (χ0v) is 13.6. The van der Waals surface area contributed by atoms with Gasteiger partial charge in [0.05, 0.1) is 13.5 Å². The number of benzene rings is 1. The molecule has 1 N–H and O–H groups in total. The first-order chi connectivity index (χ1) is 11.0. The molecule has 2 aromatic rings. The highest BCUT2D eigenvalue weighted by Crippen LogP contribution is 2.18. The highest BCUT2D eigenvalue weighted by Gasteiger charge is 2.13. The molecule has 1 aromatic carbocycles. The van der Waals surface area contributed by atoms with E-state index in [0.717, 1.165) is 11.1 Å². The maximum Gasteiger partial charge on any atom is 0.307 e. The summed E-state index contributed by atoms with van der Waals surface area (Å²) < 4.78 is 6.56. The van der Waals surface area contributed by atoms with Crippen LogP contribution in [0.25, 0.3) is 11.1 Å². The summed E-state index contributed by atoms with van der Waals surface area (Å²) in [6.45, 7) is 1.77. The van der Waals surface area contributed by atoms with E-state index in [1.807, 2.05) is 48.3 Å². The molecular formula is C18H21N2O3+. The van der Waals surface area contributed by atoms with Crippen molar-refractivity contribution in [2.45, 2.75) is 19.4 Å². The standard InChI is InChI=1S/C18H20N2O3/c1-13(12-17(21)23-3)19-18(22)16-6-4-14(5-7-16)15-8-10-20(2)11-9-15/h4-11,13H,12H2,1-3H3/p+1/t13-/m1/s1.